The summed E-state index contributed by atoms with van der Waals surface area (Å²) in [6.07, 6.45) is 1.06. The molecule has 3 rings (SSSR count). The van der Waals surface area contributed by atoms with Gasteiger partial charge in [-0.05, 0) is 42.8 Å². The molecule has 0 aliphatic rings. The lowest BCUT2D eigenvalue weighted by Crippen LogP contribution is -2.14. The molecule has 2 aromatic carbocycles. The fraction of sp³-hybridized carbons (Fsp3) is 0.176. The highest BCUT2D eigenvalue weighted by Crippen LogP contribution is 2.22. The zero-order chi connectivity index (χ0) is 18.2. The van der Waals surface area contributed by atoms with Crippen LogP contribution < -0.4 is 10.0 Å². The molecular weight excluding hydrogens is 342 g/mol. The van der Waals surface area contributed by atoms with Gasteiger partial charge in [-0.1, -0.05) is 6.07 Å². The number of rotatable bonds is 4. The van der Waals surface area contributed by atoms with E-state index in [1.54, 1.807) is 44.2 Å². The molecule has 0 spiro atoms. The number of hydrogen-bond acceptors (Lipinski definition) is 5. The summed E-state index contributed by atoms with van der Waals surface area (Å²) in [7, 11) is -3.42. The number of aromatic nitrogens is 1. The smallest absolute Gasteiger partial charge is 0.255 e. The Hall–Kier alpha value is -2.87. The van der Waals surface area contributed by atoms with Crippen LogP contribution in [0.4, 0.5) is 11.4 Å². The van der Waals surface area contributed by atoms with Crippen LogP contribution in [-0.4, -0.2) is 25.6 Å². The maximum Gasteiger partial charge on any atom is 0.255 e. The Morgan fingerprint density at radius 2 is 1.88 bits per heavy atom. The number of nitrogens with zero attached hydrogens (tertiary/aromatic N) is 1. The molecule has 0 bridgehead atoms. The number of aryl methyl sites for hydroxylation is 2. The molecule has 1 aromatic heterocycles. The molecule has 0 unspecified atom stereocenters. The van der Waals surface area contributed by atoms with Gasteiger partial charge in [0.1, 0.15) is 5.52 Å². The van der Waals surface area contributed by atoms with Crippen LogP contribution in [0.5, 0.6) is 0 Å². The number of carbonyl (C=O) groups is 1. The van der Waals surface area contributed by atoms with Crippen molar-refractivity contribution in [1.82, 2.24) is 4.98 Å². The number of nitrogens with one attached hydrogen (secondary N) is 2. The van der Waals surface area contributed by atoms with Crippen LogP contribution in [-0.2, 0) is 10.0 Å². The molecule has 3 aromatic rings. The second-order valence-electron chi connectivity index (χ2n) is 5.77. The quantitative estimate of drug-likeness (QED) is 0.745. The standard InChI is InChI=1S/C17H17N3O4S/c1-10-4-5-12(8-14(10)20-25(3,22)23)17(21)19-13-6-7-16-15(9-13)18-11(2)24-16/h4-9,20H,1-3H3,(H,19,21). The number of carbonyl (C=O) groups excluding carboxylic acids is 1. The number of sulfonamides is 1. The van der Waals surface area contributed by atoms with E-state index in [-0.39, 0.29) is 5.91 Å². The van der Waals surface area contributed by atoms with Gasteiger partial charge in [0, 0.05) is 18.2 Å². The van der Waals surface area contributed by atoms with Gasteiger partial charge in [0.05, 0.1) is 11.9 Å². The second-order valence-corrected chi connectivity index (χ2v) is 7.52. The summed E-state index contributed by atoms with van der Waals surface area (Å²) in [5.74, 6) is 0.199. The number of fused-ring (bicyclic) bond motifs is 1. The van der Waals surface area contributed by atoms with E-state index in [2.05, 4.69) is 15.0 Å². The molecule has 130 valence electrons. The monoisotopic (exact) mass is 359 g/mol. The number of amides is 1. The van der Waals surface area contributed by atoms with Gasteiger partial charge in [0.15, 0.2) is 11.5 Å². The largest absolute Gasteiger partial charge is 0.441 e. The summed E-state index contributed by atoms with van der Waals surface area (Å²) < 4.78 is 30.7. The van der Waals surface area contributed by atoms with Crippen LogP contribution in [0.2, 0.25) is 0 Å². The van der Waals surface area contributed by atoms with E-state index in [0.717, 1.165) is 11.8 Å². The number of benzene rings is 2. The minimum Gasteiger partial charge on any atom is -0.441 e. The molecule has 7 nitrogen and oxygen atoms in total. The summed E-state index contributed by atoms with van der Waals surface area (Å²) >= 11 is 0. The van der Waals surface area contributed by atoms with Crippen LogP contribution in [0.15, 0.2) is 40.8 Å². The molecule has 0 aliphatic heterocycles. The average molecular weight is 359 g/mol. The molecule has 0 saturated carbocycles. The molecule has 0 fully saturated rings. The fourth-order valence-corrected chi connectivity index (χ4v) is 3.02. The van der Waals surface area contributed by atoms with Crippen LogP contribution in [0, 0.1) is 13.8 Å². The Labute approximate surface area is 145 Å². The molecule has 1 amide bonds. The van der Waals surface area contributed by atoms with Crippen molar-refractivity contribution >= 4 is 38.4 Å². The second kappa shape index (κ2) is 6.21. The summed E-state index contributed by atoms with van der Waals surface area (Å²) in [6, 6.07) is 9.99. The molecule has 8 heteroatoms. The number of anilines is 2. The SMILES string of the molecule is Cc1nc2cc(NC(=O)c3ccc(C)c(NS(C)(=O)=O)c3)ccc2o1. The van der Waals surface area contributed by atoms with Crippen LogP contribution >= 0.6 is 0 Å². The fourth-order valence-electron chi connectivity index (χ4n) is 2.40. The Balaban J connectivity index is 1.85. The van der Waals surface area contributed by atoms with Gasteiger partial charge in [0.2, 0.25) is 10.0 Å². The minimum atomic E-state index is -3.42. The van der Waals surface area contributed by atoms with Crippen molar-refractivity contribution in [1.29, 1.82) is 0 Å². The zero-order valence-electron chi connectivity index (χ0n) is 14.0. The molecule has 0 saturated heterocycles. The number of hydrogen-bond donors (Lipinski definition) is 2. The van der Waals surface area contributed by atoms with Crippen LogP contribution in [0.25, 0.3) is 11.1 Å². The average Bonchev–Trinajstić information content (AvgIpc) is 2.87. The third kappa shape index (κ3) is 3.97. The van der Waals surface area contributed by atoms with Crippen molar-refractivity contribution in [2.45, 2.75) is 13.8 Å². The van der Waals surface area contributed by atoms with Gasteiger partial charge in [-0.15, -0.1) is 0 Å². The van der Waals surface area contributed by atoms with Gasteiger partial charge in [-0.25, -0.2) is 13.4 Å². The summed E-state index contributed by atoms with van der Waals surface area (Å²) in [4.78, 5) is 16.7. The first-order valence-electron chi connectivity index (χ1n) is 7.48. The van der Waals surface area contributed by atoms with Crippen LogP contribution in [0.1, 0.15) is 21.8 Å². The van der Waals surface area contributed by atoms with Gasteiger partial charge >= 0.3 is 0 Å². The minimum absolute atomic E-state index is 0.341. The molecule has 1 heterocycles. The lowest BCUT2D eigenvalue weighted by molar-refractivity contribution is 0.102. The summed E-state index contributed by atoms with van der Waals surface area (Å²) in [5, 5.41) is 2.77. The molecule has 0 atom stereocenters. The van der Waals surface area contributed by atoms with E-state index in [9.17, 15) is 13.2 Å². The third-order valence-corrected chi connectivity index (χ3v) is 4.14. The highest BCUT2D eigenvalue weighted by molar-refractivity contribution is 7.92. The van der Waals surface area contributed by atoms with E-state index in [0.29, 0.717) is 33.9 Å². The first-order valence-corrected chi connectivity index (χ1v) is 9.37. The molecule has 2 N–H and O–H groups in total. The Morgan fingerprint density at radius 1 is 1.12 bits per heavy atom. The highest BCUT2D eigenvalue weighted by Gasteiger charge is 2.12. The Kier molecular flexibility index (Phi) is 4.22. The summed E-state index contributed by atoms with van der Waals surface area (Å²) in [6.45, 7) is 3.51. The normalized spacial score (nSPS) is 11.5. The molecule has 25 heavy (non-hydrogen) atoms. The van der Waals surface area contributed by atoms with E-state index < -0.39 is 10.0 Å². The topological polar surface area (TPSA) is 101 Å². The highest BCUT2D eigenvalue weighted by atomic mass is 32.2. The third-order valence-electron chi connectivity index (χ3n) is 3.55. The van der Waals surface area contributed by atoms with Crippen molar-refractivity contribution < 1.29 is 17.6 Å². The van der Waals surface area contributed by atoms with Gasteiger partial charge < -0.3 is 9.73 Å². The number of oxazole rings is 1. The first-order chi connectivity index (χ1) is 11.7. The first kappa shape index (κ1) is 17.0. The maximum atomic E-state index is 12.5. The van der Waals surface area contributed by atoms with Crippen LogP contribution in [0.3, 0.4) is 0 Å². The van der Waals surface area contributed by atoms with Crippen molar-refractivity contribution in [3.05, 3.63) is 53.4 Å². The summed E-state index contributed by atoms with van der Waals surface area (Å²) in [5.41, 5.74) is 3.31. The lowest BCUT2D eigenvalue weighted by atomic mass is 10.1. The Morgan fingerprint density at radius 3 is 2.60 bits per heavy atom. The van der Waals surface area contributed by atoms with Gasteiger partial charge in [0.25, 0.3) is 5.91 Å². The lowest BCUT2D eigenvalue weighted by Gasteiger charge is -2.10. The van der Waals surface area contributed by atoms with E-state index >= 15 is 0 Å². The Bertz CT molecular complexity index is 1070. The molecule has 0 radical (unpaired) electrons. The zero-order valence-corrected chi connectivity index (χ0v) is 14.8. The molecular formula is C17H17N3O4S. The maximum absolute atomic E-state index is 12.5. The van der Waals surface area contributed by atoms with E-state index in [1.807, 2.05) is 0 Å². The van der Waals surface area contributed by atoms with Crippen molar-refractivity contribution in [2.24, 2.45) is 0 Å². The van der Waals surface area contributed by atoms with E-state index in [1.165, 1.54) is 6.07 Å². The van der Waals surface area contributed by atoms with Crippen molar-refractivity contribution in [3.63, 3.8) is 0 Å². The predicted octanol–water partition coefficient (Wildman–Crippen LogP) is 3.07. The van der Waals surface area contributed by atoms with Gasteiger partial charge in [-0.2, -0.15) is 0 Å². The molecule has 0 aliphatic carbocycles. The van der Waals surface area contributed by atoms with Crippen molar-refractivity contribution in [2.75, 3.05) is 16.3 Å². The van der Waals surface area contributed by atoms with Gasteiger partial charge in [-0.3, -0.25) is 9.52 Å². The van der Waals surface area contributed by atoms with E-state index in [4.69, 9.17) is 4.42 Å². The predicted molar refractivity (Wildman–Crippen MR) is 96.3 cm³/mol. The van der Waals surface area contributed by atoms with Crippen molar-refractivity contribution in [3.8, 4) is 0 Å².